The van der Waals surface area contributed by atoms with E-state index in [9.17, 15) is 61.0 Å². The number of nitrogens with one attached hydrogen (secondary N) is 1. The van der Waals surface area contributed by atoms with E-state index in [1.54, 1.807) is 6.08 Å². The van der Waals surface area contributed by atoms with Crippen molar-refractivity contribution >= 4 is 5.91 Å². The number of hydrogen-bond acceptors (Lipinski definition) is 18. The van der Waals surface area contributed by atoms with Crippen molar-refractivity contribution in [3.63, 3.8) is 0 Å². The number of ether oxygens (including phenoxy) is 6. The molecule has 17 atom stereocenters. The van der Waals surface area contributed by atoms with Gasteiger partial charge in [0.05, 0.1) is 38.6 Å². The third-order valence-electron chi connectivity index (χ3n) is 18.3. The van der Waals surface area contributed by atoms with Crippen LogP contribution in [0.1, 0.15) is 290 Å². The van der Waals surface area contributed by atoms with Crippen molar-refractivity contribution in [2.24, 2.45) is 0 Å². The van der Waals surface area contributed by atoms with Gasteiger partial charge in [0.1, 0.15) is 73.2 Å². The molecule has 0 aromatic rings. The predicted molar refractivity (Wildman–Crippen MR) is 342 cm³/mol. The molecule has 1 amide bonds. The Morgan fingerprint density at radius 1 is 0.398 bits per heavy atom. The Hall–Kier alpha value is -1.47. The summed E-state index contributed by atoms with van der Waals surface area (Å²) in [7, 11) is 0. The first kappa shape index (κ1) is 80.8. The lowest BCUT2D eigenvalue weighted by molar-refractivity contribution is -0.379. The molecule has 0 aromatic heterocycles. The van der Waals surface area contributed by atoms with Crippen LogP contribution in [0.2, 0.25) is 0 Å². The van der Waals surface area contributed by atoms with Crippen molar-refractivity contribution in [1.29, 1.82) is 0 Å². The van der Waals surface area contributed by atoms with E-state index >= 15 is 0 Å². The lowest BCUT2D eigenvalue weighted by atomic mass is 9.96. The second-order valence-electron chi connectivity index (χ2n) is 26.1. The van der Waals surface area contributed by atoms with Crippen molar-refractivity contribution < 1.29 is 89.4 Å². The van der Waals surface area contributed by atoms with Crippen LogP contribution >= 0.6 is 0 Å². The van der Waals surface area contributed by atoms with Crippen LogP contribution in [0.4, 0.5) is 0 Å². The fourth-order valence-electron chi connectivity index (χ4n) is 12.5. The summed E-state index contributed by atoms with van der Waals surface area (Å²) >= 11 is 0. The number of carbonyl (C=O) groups is 1. The van der Waals surface area contributed by atoms with Crippen molar-refractivity contribution in [3.05, 3.63) is 12.2 Å². The molecule has 19 nitrogen and oxygen atoms in total. The Morgan fingerprint density at radius 3 is 1.07 bits per heavy atom. The first-order chi connectivity index (χ1) is 42.8. The van der Waals surface area contributed by atoms with Gasteiger partial charge in [0, 0.05) is 6.42 Å². The Labute approximate surface area is 531 Å². The van der Waals surface area contributed by atoms with E-state index in [1.165, 1.54) is 218 Å². The Balaban J connectivity index is 1.21. The quantitative estimate of drug-likeness (QED) is 0.0199. The summed E-state index contributed by atoms with van der Waals surface area (Å²) in [4.78, 5) is 13.2. The maximum Gasteiger partial charge on any atom is 0.220 e. The van der Waals surface area contributed by atoms with Crippen molar-refractivity contribution in [1.82, 2.24) is 5.32 Å². The van der Waals surface area contributed by atoms with Crippen LogP contribution in [0, 0.1) is 0 Å². The third-order valence-corrected chi connectivity index (χ3v) is 18.3. The maximum absolute atomic E-state index is 13.2. The topological polar surface area (TPSA) is 307 Å². The molecule has 0 aromatic carbocycles. The average molecular weight is 1260 g/mol. The van der Waals surface area contributed by atoms with E-state index in [-0.39, 0.29) is 18.9 Å². The molecule has 3 saturated heterocycles. The molecular weight excluding hydrogens is 1130 g/mol. The zero-order valence-corrected chi connectivity index (χ0v) is 55.0. The van der Waals surface area contributed by atoms with Gasteiger partial charge in [-0.1, -0.05) is 276 Å². The minimum atomic E-state index is -1.97. The second-order valence-corrected chi connectivity index (χ2v) is 26.1. The number of allylic oxidation sites excluding steroid dienone is 1. The smallest absolute Gasteiger partial charge is 0.220 e. The number of hydrogen-bond donors (Lipinski definition) is 12. The standard InChI is InChI=1S/C69H131NO18/c1-3-5-7-9-10-11-12-13-14-15-16-17-18-19-20-21-22-23-24-25-26-27-28-29-30-31-32-33-34-35-36-37-38-39-40-41-43-45-47-57(75)70-52(53(74)46-44-42-8-6-4-2)51-83-67-63(81)60(78)65(55(49-72)85-67)88-69-64(82)61(79)66(56(50-73)86-69)87-68-62(80)59(77)58(76)54(48-71)84-68/h44,46,52-56,58-69,71-74,76-82H,3-43,45,47-51H2,1-2H3,(H,70,75)/b46-44+. The van der Waals surface area contributed by atoms with E-state index in [0.717, 1.165) is 44.9 Å². The van der Waals surface area contributed by atoms with Crippen LogP contribution in [0.25, 0.3) is 0 Å². The first-order valence-electron chi connectivity index (χ1n) is 35.9. The molecule has 3 rings (SSSR count). The largest absolute Gasteiger partial charge is 0.394 e. The van der Waals surface area contributed by atoms with Gasteiger partial charge in [-0.3, -0.25) is 4.79 Å². The molecule has 3 aliphatic heterocycles. The molecule has 0 spiro atoms. The highest BCUT2D eigenvalue weighted by Crippen LogP contribution is 2.33. The van der Waals surface area contributed by atoms with Crippen LogP contribution in [0.15, 0.2) is 12.2 Å². The van der Waals surface area contributed by atoms with E-state index in [2.05, 4.69) is 19.2 Å². The zero-order chi connectivity index (χ0) is 64.0. The molecule has 0 bridgehead atoms. The monoisotopic (exact) mass is 1260 g/mol. The fraction of sp³-hybridized carbons (Fsp3) is 0.957. The molecule has 0 radical (unpaired) electrons. The molecule has 19 heteroatoms. The Morgan fingerprint density at radius 2 is 0.705 bits per heavy atom. The van der Waals surface area contributed by atoms with Gasteiger partial charge in [0.25, 0.3) is 0 Å². The first-order valence-corrected chi connectivity index (χ1v) is 35.9. The van der Waals surface area contributed by atoms with Crippen molar-refractivity contribution in [2.75, 3.05) is 26.4 Å². The molecule has 17 unspecified atom stereocenters. The maximum atomic E-state index is 13.2. The summed E-state index contributed by atoms with van der Waals surface area (Å²) < 4.78 is 34.1. The van der Waals surface area contributed by atoms with Crippen LogP contribution < -0.4 is 5.32 Å². The molecule has 3 heterocycles. The highest BCUT2D eigenvalue weighted by molar-refractivity contribution is 5.76. The number of aliphatic hydroxyl groups excluding tert-OH is 11. The van der Waals surface area contributed by atoms with E-state index < -0.39 is 124 Å². The van der Waals surface area contributed by atoms with E-state index in [1.807, 2.05) is 6.08 Å². The molecule has 520 valence electrons. The van der Waals surface area contributed by atoms with Gasteiger partial charge in [-0.05, 0) is 19.3 Å². The van der Waals surface area contributed by atoms with Gasteiger partial charge in [0.15, 0.2) is 18.9 Å². The number of unbranched alkanes of at least 4 members (excludes halogenated alkanes) is 40. The summed E-state index contributed by atoms with van der Waals surface area (Å²) in [5, 5.41) is 120. The third kappa shape index (κ3) is 33.6. The minimum absolute atomic E-state index is 0.248. The summed E-state index contributed by atoms with van der Waals surface area (Å²) in [5.41, 5.74) is 0. The molecule has 12 N–H and O–H groups in total. The van der Waals surface area contributed by atoms with Crippen LogP contribution in [0.3, 0.4) is 0 Å². The number of amides is 1. The normalized spacial score (nSPS) is 28.4. The SMILES string of the molecule is CCCCC/C=C/C(O)C(COC1OC(CO)C(OC2OC(CO)C(OC3OC(CO)C(O)C(O)C3O)C(O)C2O)C(O)C1O)NC(=O)CCCCCCCCCCCCCCCCCCCCCCCCCCCCCCCCCCCCCCCC. The Kier molecular flexibility index (Phi) is 47.6. The number of rotatable bonds is 56. The highest BCUT2D eigenvalue weighted by atomic mass is 16.8. The van der Waals surface area contributed by atoms with Crippen molar-refractivity contribution in [3.8, 4) is 0 Å². The highest BCUT2D eigenvalue weighted by Gasteiger charge is 2.53. The molecule has 88 heavy (non-hydrogen) atoms. The average Bonchev–Trinajstić information content (AvgIpc) is 3.48. The number of aliphatic hydroxyl groups is 11. The van der Waals surface area contributed by atoms with Gasteiger partial charge in [-0.25, -0.2) is 0 Å². The van der Waals surface area contributed by atoms with Crippen LogP contribution in [-0.4, -0.2) is 193 Å². The number of carbonyl (C=O) groups excluding carboxylic acids is 1. The predicted octanol–water partition coefficient (Wildman–Crippen LogP) is 9.67. The fourth-order valence-corrected chi connectivity index (χ4v) is 12.5. The lowest BCUT2D eigenvalue weighted by Crippen LogP contribution is -2.66. The minimum Gasteiger partial charge on any atom is -0.394 e. The van der Waals surface area contributed by atoms with E-state index in [4.69, 9.17) is 28.4 Å². The summed E-state index contributed by atoms with van der Waals surface area (Å²) in [6.45, 7) is 1.62. The van der Waals surface area contributed by atoms with Gasteiger partial charge in [-0.15, -0.1) is 0 Å². The van der Waals surface area contributed by atoms with Gasteiger partial charge in [0.2, 0.25) is 5.91 Å². The van der Waals surface area contributed by atoms with Gasteiger partial charge < -0.3 is 89.9 Å². The molecule has 3 aliphatic rings. The summed E-state index contributed by atoms with van der Waals surface area (Å²) in [5.74, 6) is -0.277. The van der Waals surface area contributed by atoms with Crippen LogP contribution in [-0.2, 0) is 33.2 Å². The van der Waals surface area contributed by atoms with Crippen LogP contribution in [0.5, 0.6) is 0 Å². The zero-order valence-electron chi connectivity index (χ0n) is 55.0. The Bertz CT molecular complexity index is 1650. The second kappa shape index (κ2) is 51.9. The molecular formula is C69H131NO18. The van der Waals surface area contributed by atoms with Crippen molar-refractivity contribution in [2.45, 2.75) is 394 Å². The lowest BCUT2D eigenvalue weighted by Gasteiger charge is -2.48. The van der Waals surface area contributed by atoms with Gasteiger partial charge >= 0.3 is 0 Å². The van der Waals surface area contributed by atoms with E-state index in [0.29, 0.717) is 6.42 Å². The molecule has 0 saturated carbocycles. The molecule has 0 aliphatic carbocycles. The van der Waals surface area contributed by atoms with Gasteiger partial charge in [-0.2, -0.15) is 0 Å². The molecule has 3 fully saturated rings. The summed E-state index contributed by atoms with van der Waals surface area (Å²) in [6, 6.07) is -0.965. The summed E-state index contributed by atoms with van der Waals surface area (Å²) in [6.07, 6.45) is 32.0.